The fraction of sp³-hybridized carbons (Fsp3) is 0.462. The van der Waals surface area contributed by atoms with Crippen LogP contribution < -0.4 is 0 Å². The second kappa shape index (κ2) is 6.32. The molecule has 0 aliphatic carbocycles. The first kappa shape index (κ1) is 16.6. The number of carbonyl (C=O) groups is 1. The molecule has 0 fully saturated rings. The number of carboxylic acid groups (broad SMARTS) is 1. The van der Waals surface area contributed by atoms with E-state index in [2.05, 4.69) is 0 Å². The van der Waals surface area contributed by atoms with Gasteiger partial charge in [-0.05, 0) is 24.1 Å². The highest BCUT2D eigenvalue weighted by atomic mass is 32.2. The Labute approximate surface area is 118 Å². The topological polar surface area (TPSA) is 74.7 Å². The van der Waals surface area contributed by atoms with E-state index in [0.717, 1.165) is 18.2 Å². The SMILES string of the molecule is CCN(CC(C)C)S(=O)(=O)c1ccc(F)c(C(=O)O)c1. The summed E-state index contributed by atoms with van der Waals surface area (Å²) in [7, 11) is -3.82. The van der Waals surface area contributed by atoms with Crippen molar-refractivity contribution in [1.82, 2.24) is 4.31 Å². The number of aromatic carboxylic acids is 1. The number of hydrogen-bond donors (Lipinski definition) is 1. The predicted molar refractivity (Wildman–Crippen MR) is 72.6 cm³/mol. The average Bonchev–Trinajstić information content (AvgIpc) is 2.35. The Kier molecular flexibility index (Phi) is 5.24. The molecule has 112 valence electrons. The van der Waals surface area contributed by atoms with Crippen molar-refractivity contribution in [2.75, 3.05) is 13.1 Å². The van der Waals surface area contributed by atoms with E-state index in [1.54, 1.807) is 6.92 Å². The molecule has 0 unspecified atom stereocenters. The van der Waals surface area contributed by atoms with Crippen molar-refractivity contribution in [2.45, 2.75) is 25.7 Å². The third-order valence-corrected chi connectivity index (χ3v) is 4.66. The molecule has 0 atom stereocenters. The van der Waals surface area contributed by atoms with Crippen LogP contribution >= 0.6 is 0 Å². The van der Waals surface area contributed by atoms with Gasteiger partial charge >= 0.3 is 5.97 Å². The Balaban J connectivity index is 3.27. The largest absolute Gasteiger partial charge is 0.478 e. The molecule has 0 saturated heterocycles. The maximum absolute atomic E-state index is 13.3. The standard InChI is InChI=1S/C13H18FNO4S/c1-4-15(8-9(2)3)20(18,19)10-5-6-12(14)11(7-10)13(16)17/h5-7,9H,4,8H2,1-3H3,(H,16,17). The molecule has 0 aliphatic heterocycles. The Morgan fingerprint density at radius 2 is 2.00 bits per heavy atom. The van der Waals surface area contributed by atoms with Gasteiger partial charge in [-0.25, -0.2) is 17.6 Å². The van der Waals surface area contributed by atoms with Crippen LogP contribution in [0.15, 0.2) is 23.1 Å². The van der Waals surface area contributed by atoms with Crippen LogP contribution in [0.5, 0.6) is 0 Å². The van der Waals surface area contributed by atoms with Gasteiger partial charge in [-0.2, -0.15) is 4.31 Å². The van der Waals surface area contributed by atoms with E-state index in [9.17, 15) is 17.6 Å². The number of hydrogen-bond acceptors (Lipinski definition) is 3. The van der Waals surface area contributed by atoms with Gasteiger partial charge in [-0.15, -0.1) is 0 Å². The number of benzene rings is 1. The van der Waals surface area contributed by atoms with Gasteiger partial charge in [-0.1, -0.05) is 20.8 Å². The van der Waals surface area contributed by atoms with E-state index < -0.39 is 27.4 Å². The van der Waals surface area contributed by atoms with Gasteiger partial charge < -0.3 is 5.11 Å². The van der Waals surface area contributed by atoms with E-state index in [1.807, 2.05) is 13.8 Å². The number of halogens is 1. The first-order chi connectivity index (χ1) is 9.20. The summed E-state index contributed by atoms with van der Waals surface area (Å²) in [5.41, 5.74) is -0.647. The number of nitrogens with zero attached hydrogens (tertiary/aromatic N) is 1. The molecular formula is C13H18FNO4S. The zero-order valence-corrected chi connectivity index (χ0v) is 12.4. The first-order valence-corrected chi connectivity index (χ1v) is 7.67. The Morgan fingerprint density at radius 3 is 2.45 bits per heavy atom. The van der Waals surface area contributed by atoms with E-state index in [1.165, 1.54) is 4.31 Å². The Morgan fingerprint density at radius 1 is 1.40 bits per heavy atom. The highest BCUT2D eigenvalue weighted by Gasteiger charge is 2.25. The van der Waals surface area contributed by atoms with Crippen molar-refractivity contribution in [3.05, 3.63) is 29.6 Å². The average molecular weight is 303 g/mol. The third-order valence-electron chi connectivity index (χ3n) is 2.73. The van der Waals surface area contributed by atoms with Crippen LogP contribution in [0.4, 0.5) is 4.39 Å². The molecule has 1 aromatic rings. The van der Waals surface area contributed by atoms with Gasteiger partial charge in [0.15, 0.2) is 0 Å². The highest BCUT2D eigenvalue weighted by Crippen LogP contribution is 2.20. The summed E-state index contributed by atoms with van der Waals surface area (Å²) in [6.07, 6.45) is 0. The summed E-state index contributed by atoms with van der Waals surface area (Å²) in [6, 6.07) is 2.80. The van der Waals surface area contributed by atoms with Crippen molar-refractivity contribution in [2.24, 2.45) is 5.92 Å². The second-order valence-corrected chi connectivity index (χ2v) is 6.73. The molecule has 0 bridgehead atoms. The van der Waals surface area contributed by atoms with Gasteiger partial charge in [0.05, 0.1) is 10.5 Å². The lowest BCUT2D eigenvalue weighted by Crippen LogP contribution is -2.34. The molecule has 20 heavy (non-hydrogen) atoms. The minimum absolute atomic E-state index is 0.129. The van der Waals surface area contributed by atoms with Gasteiger partial charge in [0, 0.05) is 13.1 Å². The van der Waals surface area contributed by atoms with Crippen LogP contribution in [0.2, 0.25) is 0 Å². The summed E-state index contributed by atoms with van der Waals surface area (Å²) < 4.78 is 39.4. The number of carboxylic acids is 1. The molecule has 1 rings (SSSR count). The summed E-state index contributed by atoms with van der Waals surface area (Å²) in [4.78, 5) is 10.7. The summed E-state index contributed by atoms with van der Waals surface area (Å²) in [5, 5.41) is 8.85. The van der Waals surface area contributed by atoms with Gasteiger partial charge in [0.2, 0.25) is 10.0 Å². The summed E-state index contributed by atoms with van der Waals surface area (Å²) in [6.45, 7) is 6.04. The van der Waals surface area contributed by atoms with Crippen molar-refractivity contribution >= 4 is 16.0 Å². The van der Waals surface area contributed by atoms with Crippen molar-refractivity contribution in [3.63, 3.8) is 0 Å². The molecule has 7 heteroatoms. The molecule has 0 radical (unpaired) electrons. The van der Waals surface area contributed by atoms with Crippen LogP contribution in [-0.4, -0.2) is 36.9 Å². The van der Waals surface area contributed by atoms with E-state index >= 15 is 0 Å². The minimum atomic E-state index is -3.82. The molecule has 0 amide bonds. The van der Waals surface area contributed by atoms with Crippen LogP contribution in [0.3, 0.4) is 0 Å². The lowest BCUT2D eigenvalue weighted by atomic mass is 10.2. The normalized spacial score (nSPS) is 12.1. The molecule has 0 saturated carbocycles. The lowest BCUT2D eigenvalue weighted by Gasteiger charge is -2.22. The molecule has 0 aromatic heterocycles. The van der Waals surface area contributed by atoms with E-state index in [0.29, 0.717) is 6.54 Å². The smallest absolute Gasteiger partial charge is 0.338 e. The molecule has 1 aromatic carbocycles. The quantitative estimate of drug-likeness (QED) is 0.874. The second-order valence-electron chi connectivity index (χ2n) is 4.80. The van der Waals surface area contributed by atoms with Crippen LogP contribution in [0.1, 0.15) is 31.1 Å². The Hall–Kier alpha value is -1.47. The predicted octanol–water partition coefficient (Wildman–Crippen LogP) is 2.19. The zero-order chi connectivity index (χ0) is 15.5. The van der Waals surface area contributed by atoms with Gasteiger partial charge in [0.1, 0.15) is 5.82 Å². The third kappa shape index (κ3) is 3.55. The van der Waals surface area contributed by atoms with Crippen molar-refractivity contribution in [3.8, 4) is 0 Å². The van der Waals surface area contributed by atoms with Crippen LogP contribution in [-0.2, 0) is 10.0 Å². The van der Waals surface area contributed by atoms with Gasteiger partial charge in [0.25, 0.3) is 0 Å². The molecule has 0 spiro atoms. The Bertz CT molecular complexity index is 598. The molecule has 0 heterocycles. The zero-order valence-electron chi connectivity index (χ0n) is 11.6. The molecule has 1 N–H and O–H groups in total. The monoisotopic (exact) mass is 303 g/mol. The molecular weight excluding hydrogens is 285 g/mol. The fourth-order valence-corrected chi connectivity index (χ4v) is 3.42. The number of rotatable bonds is 6. The van der Waals surface area contributed by atoms with Gasteiger partial charge in [-0.3, -0.25) is 0 Å². The van der Waals surface area contributed by atoms with Crippen molar-refractivity contribution < 1.29 is 22.7 Å². The van der Waals surface area contributed by atoms with E-state index in [-0.39, 0.29) is 17.4 Å². The minimum Gasteiger partial charge on any atom is -0.478 e. The first-order valence-electron chi connectivity index (χ1n) is 6.23. The summed E-state index contributed by atoms with van der Waals surface area (Å²) in [5.74, 6) is -2.32. The van der Waals surface area contributed by atoms with Crippen LogP contribution in [0, 0.1) is 11.7 Å². The lowest BCUT2D eigenvalue weighted by molar-refractivity contribution is 0.0691. The maximum Gasteiger partial charge on any atom is 0.338 e. The van der Waals surface area contributed by atoms with E-state index in [4.69, 9.17) is 5.11 Å². The van der Waals surface area contributed by atoms with Crippen LogP contribution in [0.25, 0.3) is 0 Å². The maximum atomic E-state index is 13.3. The fourth-order valence-electron chi connectivity index (χ4n) is 1.78. The molecule has 5 nitrogen and oxygen atoms in total. The van der Waals surface area contributed by atoms with Crippen molar-refractivity contribution in [1.29, 1.82) is 0 Å². The molecule has 0 aliphatic rings. The summed E-state index contributed by atoms with van der Waals surface area (Å²) >= 11 is 0. The highest BCUT2D eigenvalue weighted by molar-refractivity contribution is 7.89. The number of sulfonamides is 1.